The fourth-order valence-corrected chi connectivity index (χ4v) is 4.87. The number of fused-ring (bicyclic) bond motifs is 3. The van der Waals surface area contributed by atoms with Crippen molar-refractivity contribution in [1.29, 1.82) is 0 Å². The monoisotopic (exact) mass is 330 g/mol. The minimum absolute atomic E-state index is 0.205. The van der Waals surface area contributed by atoms with Crippen LogP contribution in [0.2, 0.25) is 0 Å². The second-order valence-corrected chi connectivity index (χ2v) is 7.41. The molecule has 0 saturated heterocycles. The lowest BCUT2D eigenvalue weighted by Crippen LogP contribution is -2.30. The van der Waals surface area contributed by atoms with Crippen LogP contribution in [0, 0.1) is 5.92 Å². The molecule has 3 heteroatoms. The number of anilines is 1. The third-order valence-corrected chi connectivity index (χ3v) is 5.97. The Kier molecular flexibility index (Phi) is 3.47. The number of hydrogen-bond acceptors (Lipinski definition) is 3. The van der Waals surface area contributed by atoms with Crippen LogP contribution in [0.3, 0.4) is 0 Å². The molecular formula is C22H22N2O. The van der Waals surface area contributed by atoms with Gasteiger partial charge >= 0.3 is 0 Å². The minimum atomic E-state index is 0.205. The van der Waals surface area contributed by atoms with Gasteiger partial charge < -0.3 is 5.32 Å². The maximum atomic E-state index is 12.9. The van der Waals surface area contributed by atoms with Crippen LogP contribution in [0.4, 0.5) is 5.69 Å². The van der Waals surface area contributed by atoms with Crippen LogP contribution in [0.15, 0.2) is 53.9 Å². The Morgan fingerprint density at radius 3 is 2.96 bits per heavy atom. The summed E-state index contributed by atoms with van der Waals surface area (Å²) in [6.45, 7) is 0. The highest BCUT2D eigenvalue weighted by atomic mass is 16.1. The van der Waals surface area contributed by atoms with Gasteiger partial charge in [-0.2, -0.15) is 0 Å². The number of pyridine rings is 1. The molecule has 2 aromatic rings. The molecule has 0 spiro atoms. The van der Waals surface area contributed by atoms with E-state index in [1.165, 1.54) is 22.3 Å². The van der Waals surface area contributed by atoms with Gasteiger partial charge in [0.1, 0.15) is 0 Å². The van der Waals surface area contributed by atoms with Crippen LogP contribution in [0.5, 0.6) is 0 Å². The molecule has 2 heterocycles. The second-order valence-electron chi connectivity index (χ2n) is 7.41. The highest BCUT2D eigenvalue weighted by Crippen LogP contribution is 2.50. The molecule has 0 radical (unpaired) electrons. The number of allylic oxidation sites excluding steroid dienone is 4. The Bertz CT molecular complexity index is 925. The Balaban J connectivity index is 1.76. The van der Waals surface area contributed by atoms with Gasteiger partial charge in [-0.05, 0) is 61.8 Å². The number of ketones is 1. The Labute approximate surface area is 147 Å². The van der Waals surface area contributed by atoms with Crippen molar-refractivity contribution in [1.82, 2.24) is 4.98 Å². The van der Waals surface area contributed by atoms with Crippen molar-refractivity contribution in [2.75, 3.05) is 5.32 Å². The molecule has 5 rings (SSSR count). The van der Waals surface area contributed by atoms with Gasteiger partial charge in [0.05, 0.1) is 5.52 Å². The van der Waals surface area contributed by atoms with E-state index in [4.69, 9.17) is 0 Å². The van der Waals surface area contributed by atoms with E-state index in [9.17, 15) is 4.79 Å². The number of hydrogen-bond donors (Lipinski definition) is 1. The minimum Gasteiger partial charge on any atom is -0.358 e. The summed E-state index contributed by atoms with van der Waals surface area (Å²) >= 11 is 0. The first kappa shape index (κ1) is 14.9. The van der Waals surface area contributed by atoms with Gasteiger partial charge in [-0.25, -0.2) is 0 Å². The van der Waals surface area contributed by atoms with Crippen molar-refractivity contribution in [3.05, 3.63) is 59.4 Å². The fourth-order valence-electron chi connectivity index (χ4n) is 4.87. The number of carbonyl (C=O) groups is 1. The molecule has 2 atom stereocenters. The van der Waals surface area contributed by atoms with E-state index in [0.717, 1.165) is 43.2 Å². The normalized spacial score (nSPS) is 25.5. The Morgan fingerprint density at radius 1 is 1.12 bits per heavy atom. The van der Waals surface area contributed by atoms with Gasteiger partial charge in [0, 0.05) is 40.9 Å². The number of nitrogens with one attached hydrogen (secondary N) is 1. The molecular weight excluding hydrogens is 308 g/mol. The predicted octanol–water partition coefficient (Wildman–Crippen LogP) is 5.11. The van der Waals surface area contributed by atoms with Crippen molar-refractivity contribution in [3.8, 4) is 0 Å². The number of benzene rings is 1. The quantitative estimate of drug-likeness (QED) is 0.739. The molecule has 1 N–H and O–H groups in total. The van der Waals surface area contributed by atoms with Gasteiger partial charge in [0.15, 0.2) is 5.78 Å². The van der Waals surface area contributed by atoms with Gasteiger partial charge in [-0.15, -0.1) is 0 Å². The molecule has 0 saturated carbocycles. The number of rotatable bonds is 1. The van der Waals surface area contributed by atoms with Crippen LogP contribution in [-0.2, 0) is 4.79 Å². The van der Waals surface area contributed by atoms with E-state index in [1.54, 1.807) is 0 Å². The lowest BCUT2D eigenvalue weighted by molar-refractivity contribution is -0.116. The molecule has 3 nitrogen and oxygen atoms in total. The summed E-state index contributed by atoms with van der Waals surface area (Å²) < 4.78 is 0. The molecule has 0 fully saturated rings. The standard InChI is InChI=1S/C22H22N2O/c25-19-10-4-9-17-22(19)20(14-6-2-1-3-7-14)21-15-8-5-13-23-16(15)11-12-18(21)24-17/h1-2,5,8,11-14,20,24H,3-4,6-7,9-10H2/t14-,20-/m1/s1. The van der Waals surface area contributed by atoms with Crippen molar-refractivity contribution in [3.63, 3.8) is 0 Å². The van der Waals surface area contributed by atoms with E-state index >= 15 is 0 Å². The second kappa shape index (κ2) is 5.83. The molecule has 0 amide bonds. The van der Waals surface area contributed by atoms with Crippen LogP contribution in [0.25, 0.3) is 10.9 Å². The average Bonchev–Trinajstić information content (AvgIpc) is 2.67. The lowest BCUT2D eigenvalue weighted by atomic mass is 9.69. The summed E-state index contributed by atoms with van der Waals surface area (Å²) in [5.74, 6) is 1.06. The zero-order valence-corrected chi connectivity index (χ0v) is 14.3. The third kappa shape index (κ3) is 2.33. The largest absolute Gasteiger partial charge is 0.358 e. The Hall–Kier alpha value is -2.42. The maximum absolute atomic E-state index is 12.9. The zero-order valence-electron chi connectivity index (χ0n) is 14.3. The summed E-state index contributed by atoms with van der Waals surface area (Å²) in [6, 6.07) is 8.41. The molecule has 1 aromatic heterocycles. The van der Waals surface area contributed by atoms with Crippen LogP contribution in [0.1, 0.15) is 50.0 Å². The molecule has 0 unspecified atom stereocenters. The lowest BCUT2D eigenvalue weighted by Gasteiger charge is -2.39. The average molecular weight is 330 g/mol. The van der Waals surface area contributed by atoms with Gasteiger partial charge in [0.25, 0.3) is 0 Å². The highest BCUT2D eigenvalue weighted by Gasteiger charge is 2.39. The molecule has 1 aliphatic heterocycles. The summed E-state index contributed by atoms with van der Waals surface area (Å²) in [4.78, 5) is 17.4. The SMILES string of the molecule is O=C1CCCC2=C1[C@H]([C@@H]1CC=CCC1)c1c(ccc3ncccc13)N2. The smallest absolute Gasteiger partial charge is 0.161 e. The van der Waals surface area contributed by atoms with Crippen LogP contribution < -0.4 is 5.32 Å². The van der Waals surface area contributed by atoms with Crippen molar-refractivity contribution in [2.45, 2.75) is 44.4 Å². The first-order valence-electron chi connectivity index (χ1n) is 9.39. The van der Waals surface area contributed by atoms with E-state index in [2.05, 4.69) is 40.7 Å². The van der Waals surface area contributed by atoms with Crippen LogP contribution in [-0.4, -0.2) is 10.8 Å². The highest BCUT2D eigenvalue weighted by molar-refractivity contribution is 6.02. The topological polar surface area (TPSA) is 42.0 Å². The number of nitrogens with zero attached hydrogens (tertiary/aromatic N) is 1. The van der Waals surface area contributed by atoms with Crippen molar-refractivity contribution in [2.24, 2.45) is 5.92 Å². The molecule has 2 aliphatic carbocycles. The van der Waals surface area contributed by atoms with E-state index in [-0.39, 0.29) is 5.92 Å². The number of aromatic nitrogens is 1. The predicted molar refractivity (Wildman–Crippen MR) is 100 cm³/mol. The molecule has 126 valence electrons. The summed E-state index contributed by atoms with van der Waals surface area (Å²) in [6.07, 6.45) is 12.4. The Morgan fingerprint density at radius 2 is 2.08 bits per heavy atom. The first-order chi connectivity index (χ1) is 12.3. The number of Topliss-reactive ketones (excluding diaryl/α,β-unsaturated/α-hetero) is 1. The fraction of sp³-hybridized carbons (Fsp3) is 0.364. The van der Waals surface area contributed by atoms with Gasteiger partial charge in [0.2, 0.25) is 0 Å². The maximum Gasteiger partial charge on any atom is 0.161 e. The van der Waals surface area contributed by atoms with E-state index < -0.39 is 0 Å². The van der Waals surface area contributed by atoms with Crippen molar-refractivity contribution >= 4 is 22.4 Å². The van der Waals surface area contributed by atoms with Gasteiger partial charge in [-0.3, -0.25) is 9.78 Å². The third-order valence-electron chi connectivity index (χ3n) is 5.97. The summed E-state index contributed by atoms with van der Waals surface area (Å²) in [5, 5.41) is 4.80. The zero-order chi connectivity index (χ0) is 16.8. The summed E-state index contributed by atoms with van der Waals surface area (Å²) in [7, 11) is 0. The molecule has 1 aromatic carbocycles. The van der Waals surface area contributed by atoms with Crippen molar-refractivity contribution < 1.29 is 4.79 Å². The first-order valence-corrected chi connectivity index (χ1v) is 9.39. The van der Waals surface area contributed by atoms with Gasteiger partial charge in [-0.1, -0.05) is 18.2 Å². The van der Waals surface area contributed by atoms with E-state index in [1.807, 2.05) is 12.3 Å². The molecule has 3 aliphatic rings. The molecule has 25 heavy (non-hydrogen) atoms. The summed E-state index contributed by atoms with van der Waals surface area (Å²) in [5.41, 5.74) is 5.72. The van der Waals surface area contributed by atoms with E-state index in [0.29, 0.717) is 18.1 Å². The molecule has 0 bridgehead atoms. The van der Waals surface area contributed by atoms with Crippen LogP contribution >= 0.6 is 0 Å². The number of carbonyl (C=O) groups excluding carboxylic acids is 1.